The number of unbranched alkanes of at least 4 members (excludes halogenated alkanes) is 5. The molecule has 1 aromatic carbocycles. The number of hydrogen-bond donors (Lipinski definition) is 1. The van der Waals surface area contributed by atoms with E-state index in [9.17, 15) is 13.6 Å². The molecule has 0 aromatic heterocycles. The molecule has 0 amide bonds. The summed E-state index contributed by atoms with van der Waals surface area (Å²) >= 11 is 0. The van der Waals surface area contributed by atoms with E-state index >= 15 is 0 Å². The van der Waals surface area contributed by atoms with E-state index in [0.717, 1.165) is 17.0 Å². The molecular formula is C33H52F2N2O2. The van der Waals surface area contributed by atoms with E-state index in [2.05, 4.69) is 37.1 Å². The lowest BCUT2D eigenvalue weighted by Crippen LogP contribution is -2.16. The lowest BCUT2D eigenvalue weighted by atomic mass is 10.00. The number of rotatable bonds is 9. The molecule has 0 saturated carbocycles. The minimum Gasteiger partial charge on any atom is -0.469 e. The van der Waals surface area contributed by atoms with Crippen molar-refractivity contribution < 1.29 is 18.3 Å². The smallest absolute Gasteiger partial charge is 0.302 e. The topological polar surface area (TPSA) is 41.6 Å². The zero-order valence-corrected chi connectivity index (χ0v) is 26.1. The Hall–Kier alpha value is -3.15. The average molecular weight is 547 g/mol. The van der Waals surface area contributed by atoms with Crippen LogP contribution in [-0.2, 0) is 9.53 Å². The van der Waals surface area contributed by atoms with Crippen molar-refractivity contribution in [3.63, 3.8) is 0 Å². The summed E-state index contributed by atoms with van der Waals surface area (Å²) < 4.78 is 33.2. The first-order valence-electron chi connectivity index (χ1n) is 13.9. The zero-order chi connectivity index (χ0) is 30.5. The van der Waals surface area contributed by atoms with Crippen molar-refractivity contribution in [1.82, 2.24) is 10.2 Å². The van der Waals surface area contributed by atoms with Gasteiger partial charge in [-0.05, 0) is 56.2 Å². The fourth-order valence-electron chi connectivity index (χ4n) is 3.46. The van der Waals surface area contributed by atoms with Crippen LogP contribution in [0.5, 0.6) is 0 Å². The van der Waals surface area contributed by atoms with Gasteiger partial charge >= 0.3 is 5.97 Å². The van der Waals surface area contributed by atoms with Crippen LogP contribution in [-0.4, -0.2) is 25.0 Å². The van der Waals surface area contributed by atoms with Gasteiger partial charge in [-0.1, -0.05) is 79.4 Å². The normalized spacial score (nSPS) is 12.4. The number of carbonyl (C=O) groups excluding carboxylic acids is 1. The summed E-state index contributed by atoms with van der Waals surface area (Å²) in [4.78, 5) is 11.4. The van der Waals surface area contributed by atoms with E-state index in [1.807, 2.05) is 50.9 Å². The van der Waals surface area contributed by atoms with E-state index in [4.69, 9.17) is 0 Å². The molecule has 220 valence electrons. The second-order valence-electron chi connectivity index (χ2n) is 8.93. The number of carbonyl (C=O) groups is 1. The molecule has 0 fully saturated rings. The van der Waals surface area contributed by atoms with E-state index in [1.165, 1.54) is 64.7 Å². The monoisotopic (exact) mass is 546 g/mol. The molecule has 0 spiro atoms. The molecule has 0 atom stereocenters. The van der Waals surface area contributed by atoms with E-state index in [0.29, 0.717) is 16.8 Å². The molecule has 6 heteroatoms. The first-order chi connectivity index (χ1) is 18.4. The number of hydrogen-bond acceptors (Lipinski definition) is 4. The maximum absolute atomic E-state index is 14.5. The van der Waals surface area contributed by atoms with E-state index in [1.54, 1.807) is 14.0 Å². The van der Waals surface area contributed by atoms with Crippen molar-refractivity contribution >= 4 is 17.2 Å². The van der Waals surface area contributed by atoms with Crippen LogP contribution >= 0.6 is 0 Å². The standard InChI is InChI=1S/C20H22F2N2.C8H18.C3H6O2.C2H6/c1-12-7-8-24(13(2)9-12)16(5)14(3)20-18(21)10-17(11-19(20)22)15(4)23-6;1-3-5-7-8-6-4-2;1-3(4)5-2;1-2/h7-11,23H,2,4H2,1,3,5-6H3;3-8H2,1-2H3;1-2H3;1-2H3/b16-14+;;;. The second kappa shape index (κ2) is 21.7. The van der Waals surface area contributed by atoms with Gasteiger partial charge in [0.25, 0.3) is 0 Å². The van der Waals surface area contributed by atoms with Crippen molar-refractivity contribution in [1.29, 1.82) is 0 Å². The molecule has 2 rings (SSSR count). The molecule has 1 aliphatic rings. The lowest BCUT2D eigenvalue weighted by Gasteiger charge is -2.27. The Kier molecular flexibility index (Phi) is 21.2. The molecule has 1 N–H and O–H groups in total. The average Bonchev–Trinajstić information content (AvgIpc) is 2.91. The van der Waals surface area contributed by atoms with Gasteiger partial charge in [-0.15, -0.1) is 0 Å². The van der Waals surface area contributed by atoms with Crippen LogP contribution in [0.2, 0.25) is 0 Å². The van der Waals surface area contributed by atoms with Crippen molar-refractivity contribution in [3.05, 3.63) is 83.4 Å². The molecule has 0 bridgehead atoms. The van der Waals surface area contributed by atoms with Crippen molar-refractivity contribution in [2.24, 2.45) is 0 Å². The molecule has 1 aromatic rings. The first-order valence-corrected chi connectivity index (χ1v) is 13.9. The Morgan fingerprint density at radius 3 is 1.82 bits per heavy atom. The predicted molar refractivity (Wildman–Crippen MR) is 165 cm³/mol. The summed E-state index contributed by atoms with van der Waals surface area (Å²) in [5, 5.41) is 2.79. The summed E-state index contributed by atoms with van der Waals surface area (Å²) in [7, 11) is 3.01. The molecular weight excluding hydrogens is 494 g/mol. The summed E-state index contributed by atoms with van der Waals surface area (Å²) in [6.45, 7) is 23.1. The van der Waals surface area contributed by atoms with Crippen molar-refractivity contribution in [3.8, 4) is 0 Å². The maximum atomic E-state index is 14.5. The van der Waals surface area contributed by atoms with Gasteiger partial charge in [0.05, 0.1) is 12.7 Å². The summed E-state index contributed by atoms with van der Waals surface area (Å²) in [6.07, 6.45) is 14.2. The lowest BCUT2D eigenvalue weighted by molar-refractivity contribution is -0.137. The quantitative estimate of drug-likeness (QED) is 0.247. The fraction of sp³-hybridized carbons (Fsp3) is 0.485. The number of esters is 1. The highest BCUT2D eigenvalue weighted by Gasteiger charge is 2.18. The van der Waals surface area contributed by atoms with Crippen LogP contribution in [0.3, 0.4) is 0 Å². The number of methoxy groups -OCH3 is 1. The number of nitrogens with zero attached hydrogens (tertiary/aromatic N) is 1. The fourth-order valence-corrected chi connectivity index (χ4v) is 3.46. The van der Waals surface area contributed by atoms with E-state index in [-0.39, 0.29) is 11.5 Å². The minimum atomic E-state index is -0.614. The van der Waals surface area contributed by atoms with Crippen LogP contribution in [0.1, 0.15) is 105 Å². The molecule has 39 heavy (non-hydrogen) atoms. The van der Waals surface area contributed by atoms with Gasteiger partial charge in [0.2, 0.25) is 0 Å². The Labute approximate surface area is 237 Å². The van der Waals surface area contributed by atoms with Gasteiger partial charge in [-0.25, -0.2) is 8.78 Å². The Bertz CT molecular complexity index is 978. The highest BCUT2D eigenvalue weighted by atomic mass is 19.1. The van der Waals surface area contributed by atoms with Crippen LogP contribution < -0.4 is 5.32 Å². The van der Waals surface area contributed by atoms with Crippen LogP contribution in [0.25, 0.3) is 11.3 Å². The molecule has 4 nitrogen and oxygen atoms in total. The Morgan fingerprint density at radius 1 is 1.00 bits per heavy atom. The third-order valence-corrected chi connectivity index (χ3v) is 5.91. The van der Waals surface area contributed by atoms with Crippen LogP contribution in [0.15, 0.2) is 60.6 Å². The van der Waals surface area contributed by atoms with Gasteiger partial charge in [-0.3, -0.25) is 4.79 Å². The number of ether oxygens (including phenoxy) is 1. The first kappa shape index (κ1) is 38.0. The van der Waals surface area contributed by atoms with Gasteiger partial charge in [0, 0.05) is 42.8 Å². The summed E-state index contributed by atoms with van der Waals surface area (Å²) in [5.74, 6) is -1.47. The highest BCUT2D eigenvalue weighted by molar-refractivity contribution is 5.71. The largest absolute Gasteiger partial charge is 0.469 e. The molecule has 0 unspecified atom stereocenters. The van der Waals surface area contributed by atoms with Crippen LogP contribution in [0, 0.1) is 11.6 Å². The Balaban J connectivity index is 0. The number of benzene rings is 1. The van der Waals surface area contributed by atoms with E-state index < -0.39 is 11.6 Å². The Morgan fingerprint density at radius 2 is 1.46 bits per heavy atom. The molecule has 0 saturated heterocycles. The van der Waals surface area contributed by atoms with Crippen LogP contribution in [0.4, 0.5) is 8.78 Å². The van der Waals surface area contributed by atoms with Gasteiger partial charge in [0.1, 0.15) is 11.6 Å². The molecule has 0 aliphatic carbocycles. The number of halogens is 2. The number of nitrogens with one attached hydrogen (secondary N) is 1. The second-order valence-corrected chi connectivity index (χ2v) is 8.93. The predicted octanol–water partition coefficient (Wildman–Crippen LogP) is 9.77. The zero-order valence-electron chi connectivity index (χ0n) is 26.1. The highest BCUT2D eigenvalue weighted by Crippen LogP contribution is 2.31. The third kappa shape index (κ3) is 14.5. The molecule has 0 radical (unpaired) electrons. The van der Waals surface area contributed by atoms with Gasteiger partial charge < -0.3 is 15.0 Å². The van der Waals surface area contributed by atoms with Gasteiger partial charge in [0.15, 0.2) is 0 Å². The SMILES string of the molecule is C=C(NC)c1cc(F)c(/C(C)=C(\C)N2C=CC(C)=CC2=C)c(F)c1.CC.CCCCCCCC.COC(C)=O. The summed E-state index contributed by atoms with van der Waals surface area (Å²) in [5.41, 5.74) is 3.89. The van der Waals surface area contributed by atoms with Gasteiger partial charge in [-0.2, -0.15) is 0 Å². The number of allylic oxidation sites excluding steroid dienone is 5. The molecule has 1 heterocycles. The van der Waals surface area contributed by atoms with Crippen molar-refractivity contribution in [2.75, 3.05) is 14.2 Å². The summed E-state index contributed by atoms with van der Waals surface area (Å²) in [6, 6.07) is 2.58. The third-order valence-electron chi connectivity index (χ3n) is 5.91. The maximum Gasteiger partial charge on any atom is 0.302 e. The van der Waals surface area contributed by atoms with Crippen molar-refractivity contribution in [2.45, 2.75) is 93.9 Å². The molecule has 1 aliphatic heterocycles. The minimum absolute atomic E-state index is 0.0346.